The quantitative estimate of drug-likeness (QED) is 0.657. The number of hydrogen-bond acceptors (Lipinski definition) is 2. The number of rotatable bonds is 4. The second kappa shape index (κ2) is 4.41. The zero-order chi connectivity index (χ0) is 8.97. The SMILES string of the molecule is C=C(CC)c1ccc(SCC)o1. The van der Waals surface area contributed by atoms with E-state index in [4.69, 9.17) is 4.42 Å². The molecule has 12 heavy (non-hydrogen) atoms. The van der Waals surface area contributed by atoms with Crippen LogP contribution in [0.25, 0.3) is 5.57 Å². The molecule has 1 aromatic heterocycles. The van der Waals surface area contributed by atoms with E-state index >= 15 is 0 Å². The Balaban J connectivity index is 2.70. The summed E-state index contributed by atoms with van der Waals surface area (Å²) in [6.45, 7) is 8.11. The van der Waals surface area contributed by atoms with Crippen molar-refractivity contribution in [1.29, 1.82) is 0 Å². The summed E-state index contributed by atoms with van der Waals surface area (Å²) in [5.74, 6) is 1.97. The first-order chi connectivity index (χ1) is 5.77. The van der Waals surface area contributed by atoms with Gasteiger partial charge in [-0.3, -0.25) is 0 Å². The summed E-state index contributed by atoms with van der Waals surface area (Å²) in [5.41, 5.74) is 1.07. The Labute approximate surface area is 77.8 Å². The van der Waals surface area contributed by atoms with Crippen LogP contribution in [0.3, 0.4) is 0 Å². The van der Waals surface area contributed by atoms with E-state index in [9.17, 15) is 0 Å². The number of allylic oxidation sites excluding steroid dienone is 1. The van der Waals surface area contributed by atoms with Gasteiger partial charge in [0.05, 0.1) is 0 Å². The molecule has 0 aromatic carbocycles. The molecule has 0 aliphatic heterocycles. The third-order valence-electron chi connectivity index (χ3n) is 1.64. The zero-order valence-electron chi connectivity index (χ0n) is 7.59. The minimum atomic E-state index is 0.924. The summed E-state index contributed by atoms with van der Waals surface area (Å²) in [6.07, 6.45) is 0.948. The highest BCUT2D eigenvalue weighted by atomic mass is 32.2. The van der Waals surface area contributed by atoms with Crippen LogP contribution in [0.1, 0.15) is 26.0 Å². The maximum Gasteiger partial charge on any atom is 0.160 e. The highest BCUT2D eigenvalue weighted by Gasteiger charge is 2.02. The van der Waals surface area contributed by atoms with Crippen LogP contribution >= 0.6 is 11.8 Å². The van der Waals surface area contributed by atoms with Crippen molar-refractivity contribution in [2.45, 2.75) is 25.4 Å². The smallest absolute Gasteiger partial charge is 0.160 e. The number of hydrogen-bond donors (Lipinski definition) is 0. The molecule has 0 saturated heterocycles. The van der Waals surface area contributed by atoms with Gasteiger partial charge in [-0.15, -0.1) is 0 Å². The molecule has 0 saturated carbocycles. The van der Waals surface area contributed by atoms with E-state index in [1.807, 2.05) is 12.1 Å². The van der Waals surface area contributed by atoms with E-state index in [1.54, 1.807) is 11.8 Å². The van der Waals surface area contributed by atoms with E-state index in [0.717, 1.165) is 28.6 Å². The van der Waals surface area contributed by atoms with Crippen molar-refractivity contribution in [2.75, 3.05) is 5.75 Å². The summed E-state index contributed by atoms with van der Waals surface area (Å²) in [7, 11) is 0. The van der Waals surface area contributed by atoms with Gasteiger partial charge in [-0.25, -0.2) is 0 Å². The molecule has 0 bridgehead atoms. The van der Waals surface area contributed by atoms with Crippen molar-refractivity contribution in [3.63, 3.8) is 0 Å². The fourth-order valence-corrected chi connectivity index (χ4v) is 1.50. The molecule has 0 aliphatic rings. The minimum absolute atomic E-state index is 0.924. The Hall–Kier alpha value is -0.630. The Morgan fingerprint density at radius 3 is 2.83 bits per heavy atom. The van der Waals surface area contributed by atoms with E-state index in [2.05, 4.69) is 20.4 Å². The monoisotopic (exact) mass is 182 g/mol. The molecule has 1 heterocycles. The average Bonchev–Trinajstić information content (AvgIpc) is 2.52. The van der Waals surface area contributed by atoms with Crippen molar-refractivity contribution in [3.8, 4) is 0 Å². The molecule has 0 atom stereocenters. The summed E-state index contributed by atoms with van der Waals surface area (Å²) in [4.78, 5) is 0. The van der Waals surface area contributed by atoms with Gasteiger partial charge < -0.3 is 4.42 Å². The van der Waals surface area contributed by atoms with E-state index in [-0.39, 0.29) is 0 Å². The third-order valence-corrected chi connectivity index (χ3v) is 2.44. The van der Waals surface area contributed by atoms with Gasteiger partial charge in [-0.2, -0.15) is 0 Å². The topological polar surface area (TPSA) is 13.1 Å². The molecule has 0 spiro atoms. The van der Waals surface area contributed by atoms with E-state index in [0.29, 0.717) is 0 Å². The summed E-state index contributed by atoms with van der Waals surface area (Å²) in [5, 5.41) is 0.988. The Kier molecular flexibility index (Phi) is 3.48. The second-order valence-corrected chi connectivity index (χ2v) is 3.78. The Morgan fingerprint density at radius 1 is 1.50 bits per heavy atom. The second-order valence-electron chi connectivity index (χ2n) is 2.51. The molecule has 66 valence electrons. The van der Waals surface area contributed by atoms with Crippen LogP contribution in [0.4, 0.5) is 0 Å². The first kappa shape index (κ1) is 9.46. The first-order valence-electron chi connectivity index (χ1n) is 4.18. The molecule has 2 heteroatoms. The van der Waals surface area contributed by atoms with Crippen molar-refractivity contribution >= 4 is 17.3 Å². The lowest BCUT2D eigenvalue weighted by Gasteiger charge is -1.95. The number of thioether (sulfide) groups is 1. The molecule has 0 unspecified atom stereocenters. The lowest BCUT2D eigenvalue weighted by atomic mass is 10.2. The molecular weight excluding hydrogens is 168 g/mol. The molecule has 1 aromatic rings. The normalized spacial score (nSPS) is 10.2. The van der Waals surface area contributed by atoms with E-state index in [1.165, 1.54) is 0 Å². The predicted molar refractivity (Wildman–Crippen MR) is 54.4 cm³/mol. The number of furan rings is 1. The van der Waals surface area contributed by atoms with Gasteiger partial charge in [-0.05, 0) is 29.9 Å². The molecule has 0 amide bonds. The first-order valence-corrected chi connectivity index (χ1v) is 5.17. The third kappa shape index (κ3) is 2.18. The van der Waals surface area contributed by atoms with E-state index < -0.39 is 0 Å². The van der Waals surface area contributed by atoms with Crippen LogP contribution in [-0.4, -0.2) is 5.75 Å². The highest BCUT2D eigenvalue weighted by Crippen LogP contribution is 2.25. The largest absolute Gasteiger partial charge is 0.450 e. The van der Waals surface area contributed by atoms with Gasteiger partial charge in [0.2, 0.25) is 0 Å². The molecule has 0 N–H and O–H groups in total. The molecule has 1 nitrogen and oxygen atoms in total. The van der Waals surface area contributed by atoms with Crippen LogP contribution in [0, 0.1) is 0 Å². The molecule has 0 aliphatic carbocycles. The van der Waals surface area contributed by atoms with Crippen LogP contribution in [0.15, 0.2) is 28.2 Å². The lowest BCUT2D eigenvalue weighted by molar-refractivity contribution is 0.462. The highest BCUT2D eigenvalue weighted by molar-refractivity contribution is 7.99. The van der Waals surface area contributed by atoms with Gasteiger partial charge in [0.15, 0.2) is 5.09 Å². The summed E-state index contributed by atoms with van der Waals surface area (Å²) in [6, 6.07) is 3.99. The maximum absolute atomic E-state index is 5.54. The standard InChI is InChI=1S/C10H14OS/c1-4-8(3)9-6-7-10(11-9)12-5-2/h6-7H,3-5H2,1-2H3. The lowest BCUT2D eigenvalue weighted by Crippen LogP contribution is -1.73. The van der Waals surface area contributed by atoms with Crippen molar-refractivity contribution in [3.05, 3.63) is 24.5 Å². The van der Waals surface area contributed by atoms with Gasteiger partial charge in [0.1, 0.15) is 5.76 Å². The molecule has 1 rings (SSSR count). The van der Waals surface area contributed by atoms with Crippen molar-refractivity contribution in [2.24, 2.45) is 0 Å². The van der Waals surface area contributed by atoms with Crippen LogP contribution in [-0.2, 0) is 0 Å². The van der Waals surface area contributed by atoms with Gasteiger partial charge in [-0.1, -0.05) is 32.2 Å². The molecule has 0 radical (unpaired) electrons. The predicted octanol–water partition coefficient (Wildman–Crippen LogP) is 3.81. The fraction of sp³-hybridized carbons (Fsp3) is 0.400. The van der Waals surface area contributed by atoms with Gasteiger partial charge in [0, 0.05) is 0 Å². The van der Waals surface area contributed by atoms with Crippen molar-refractivity contribution in [1.82, 2.24) is 0 Å². The Bertz CT molecular complexity index is 263. The molecule has 0 fully saturated rings. The van der Waals surface area contributed by atoms with Gasteiger partial charge >= 0.3 is 0 Å². The van der Waals surface area contributed by atoms with Crippen LogP contribution in [0.2, 0.25) is 0 Å². The Morgan fingerprint density at radius 2 is 2.25 bits per heavy atom. The van der Waals surface area contributed by atoms with Gasteiger partial charge in [0.25, 0.3) is 0 Å². The molecular formula is C10H14OS. The zero-order valence-corrected chi connectivity index (χ0v) is 8.41. The fourth-order valence-electron chi connectivity index (χ4n) is 0.904. The van der Waals surface area contributed by atoms with Crippen molar-refractivity contribution < 1.29 is 4.42 Å². The summed E-state index contributed by atoms with van der Waals surface area (Å²) >= 11 is 1.72. The average molecular weight is 182 g/mol. The van der Waals surface area contributed by atoms with Crippen LogP contribution < -0.4 is 0 Å². The minimum Gasteiger partial charge on any atom is -0.450 e. The van der Waals surface area contributed by atoms with Crippen LogP contribution in [0.5, 0.6) is 0 Å². The summed E-state index contributed by atoms with van der Waals surface area (Å²) < 4.78 is 5.54. The maximum atomic E-state index is 5.54.